The summed E-state index contributed by atoms with van der Waals surface area (Å²) in [5, 5.41) is 21.5. The molecule has 4 N–H and O–H groups in total. The van der Waals surface area contributed by atoms with Gasteiger partial charge < -0.3 is 15.9 Å². The molecule has 0 aliphatic carbocycles. The highest BCUT2D eigenvalue weighted by Gasteiger charge is 2.19. The van der Waals surface area contributed by atoms with Gasteiger partial charge in [-0.2, -0.15) is 5.10 Å². The Morgan fingerprint density at radius 3 is 2.64 bits per heavy atom. The van der Waals surface area contributed by atoms with Gasteiger partial charge in [-0.25, -0.2) is 9.48 Å². The Bertz CT molecular complexity index is 346. The molecule has 0 atom stereocenters. The number of aryl methyl sites for hydroxylation is 1. The molecule has 0 aliphatic heterocycles. The van der Waals surface area contributed by atoms with Crippen molar-refractivity contribution in [2.75, 3.05) is 12.3 Å². The van der Waals surface area contributed by atoms with Crippen LogP contribution in [0, 0.1) is 0 Å². The van der Waals surface area contributed by atoms with Crippen molar-refractivity contribution in [3.05, 3.63) is 11.3 Å². The van der Waals surface area contributed by atoms with Crippen molar-refractivity contribution in [2.45, 2.75) is 19.9 Å². The number of aliphatic hydroxyl groups is 1. The van der Waals surface area contributed by atoms with Crippen molar-refractivity contribution in [1.82, 2.24) is 9.78 Å². The van der Waals surface area contributed by atoms with Crippen LogP contribution in [0.4, 0.5) is 5.82 Å². The zero-order valence-corrected chi connectivity index (χ0v) is 7.90. The molecule has 0 saturated heterocycles. The molecule has 0 bridgehead atoms. The van der Waals surface area contributed by atoms with Crippen LogP contribution < -0.4 is 5.73 Å². The van der Waals surface area contributed by atoms with Crippen molar-refractivity contribution in [1.29, 1.82) is 0 Å². The second-order valence-corrected chi connectivity index (χ2v) is 2.81. The summed E-state index contributed by atoms with van der Waals surface area (Å²) in [4.78, 5) is 10.8. The Kier molecular flexibility index (Phi) is 3.08. The third-order valence-corrected chi connectivity index (χ3v) is 1.92. The molecule has 6 nitrogen and oxygen atoms in total. The van der Waals surface area contributed by atoms with Crippen molar-refractivity contribution in [3.8, 4) is 0 Å². The first-order valence-corrected chi connectivity index (χ1v) is 4.31. The van der Waals surface area contributed by atoms with Crippen LogP contribution in [0.3, 0.4) is 0 Å². The third-order valence-electron chi connectivity index (χ3n) is 1.92. The largest absolute Gasteiger partial charge is 0.477 e. The van der Waals surface area contributed by atoms with E-state index in [9.17, 15) is 4.79 Å². The van der Waals surface area contributed by atoms with Crippen LogP contribution in [-0.2, 0) is 13.0 Å². The van der Waals surface area contributed by atoms with Gasteiger partial charge in [0.05, 0.1) is 18.8 Å². The molecule has 78 valence electrons. The van der Waals surface area contributed by atoms with Crippen LogP contribution in [0.25, 0.3) is 0 Å². The summed E-state index contributed by atoms with van der Waals surface area (Å²) in [6.45, 7) is 1.90. The molecular weight excluding hydrogens is 186 g/mol. The maximum atomic E-state index is 10.8. The van der Waals surface area contributed by atoms with Crippen molar-refractivity contribution in [2.24, 2.45) is 0 Å². The molecule has 0 aliphatic rings. The van der Waals surface area contributed by atoms with Crippen LogP contribution in [-0.4, -0.2) is 32.6 Å². The van der Waals surface area contributed by atoms with E-state index in [0.717, 1.165) is 0 Å². The molecule has 1 rings (SSSR count). The number of aromatic carboxylic acids is 1. The SMILES string of the molecule is CCc1nn(CCO)c(N)c1C(=O)O. The zero-order chi connectivity index (χ0) is 10.7. The Morgan fingerprint density at radius 2 is 2.29 bits per heavy atom. The number of aromatic nitrogens is 2. The van der Waals surface area contributed by atoms with Gasteiger partial charge in [-0.05, 0) is 6.42 Å². The van der Waals surface area contributed by atoms with E-state index >= 15 is 0 Å². The highest BCUT2D eigenvalue weighted by atomic mass is 16.4. The van der Waals surface area contributed by atoms with Gasteiger partial charge >= 0.3 is 5.97 Å². The Balaban J connectivity index is 3.18. The highest BCUT2D eigenvalue weighted by Crippen LogP contribution is 2.17. The van der Waals surface area contributed by atoms with E-state index in [1.807, 2.05) is 0 Å². The van der Waals surface area contributed by atoms with E-state index in [1.54, 1.807) is 6.92 Å². The monoisotopic (exact) mass is 199 g/mol. The summed E-state index contributed by atoms with van der Waals surface area (Å²) in [5.74, 6) is -0.980. The lowest BCUT2D eigenvalue weighted by atomic mass is 10.2. The van der Waals surface area contributed by atoms with Gasteiger partial charge in [0.15, 0.2) is 0 Å². The lowest BCUT2D eigenvalue weighted by Crippen LogP contribution is -2.09. The average Bonchev–Trinajstić information content (AvgIpc) is 2.44. The molecule has 0 amide bonds. The quantitative estimate of drug-likeness (QED) is 0.619. The van der Waals surface area contributed by atoms with Crippen LogP contribution in [0.1, 0.15) is 23.0 Å². The smallest absolute Gasteiger partial charge is 0.341 e. The minimum absolute atomic E-state index is 0.0425. The molecule has 6 heteroatoms. The maximum Gasteiger partial charge on any atom is 0.341 e. The van der Waals surface area contributed by atoms with Crippen molar-refractivity contribution in [3.63, 3.8) is 0 Å². The Hall–Kier alpha value is -1.56. The van der Waals surface area contributed by atoms with E-state index in [4.69, 9.17) is 15.9 Å². The van der Waals surface area contributed by atoms with Crippen LogP contribution in [0.5, 0.6) is 0 Å². The molecule has 0 radical (unpaired) electrons. The van der Waals surface area contributed by atoms with Gasteiger partial charge in [0.2, 0.25) is 0 Å². The molecule has 1 aromatic rings. The van der Waals surface area contributed by atoms with E-state index in [0.29, 0.717) is 12.1 Å². The summed E-state index contributed by atoms with van der Waals surface area (Å²) in [6, 6.07) is 0. The van der Waals surface area contributed by atoms with Gasteiger partial charge in [0.25, 0.3) is 0 Å². The molecule has 0 fully saturated rings. The molecule has 0 saturated carbocycles. The van der Waals surface area contributed by atoms with Gasteiger partial charge in [-0.3, -0.25) is 0 Å². The van der Waals surface area contributed by atoms with Crippen molar-refractivity contribution >= 4 is 11.8 Å². The Labute approximate surface area is 81.0 Å². The summed E-state index contributed by atoms with van der Waals surface area (Å²) >= 11 is 0. The number of aliphatic hydroxyl groups excluding tert-OH is 1. The lowest BCUT2D eigenvalue weighted by molar-refractivity contribution is 0.0697. The summed E-state index contributed by atoms with van der Waals surface area (Å²) < 4.78 is 1.31. The number of carboxylic acids is 1. The first-order chi connectivity index (χ1) is 6.61. The molecule has 0 unspecified atom stereocenters. The molecule has 14 heavy (non-hydrogen) atoms. The number of hydrogen-bond acceptors (Lipinski definition) is 4. The number of anilines is 1. The zero-order valence-electron chi connectivity index (χ0n) is 7.90. The molecular formula is C8H13N3O3. The minimum Gasteiger partial charge on any atom is -0.477 e. The minimum atomic E-state index is -1.08. The van der Waals surface area contributed by atoms with Gasteiger partial charge in [-0.15, -0.1) is 0 Å². The maximum absolute atomic E-state index is 10.8. The first-order valence-electron chi connectivity index (χ1n) is 4.31. The van der Waals surface area contributed by atoms with E-state index in [1.165, 1.54) is 4.68 Å². The van der Waals surface area contributed by atoms with Crippen molar-refractivity contribution < 1.29 is 15.0 Å². The standard InChI is InChI=1S/C8H13N3O3/c1-2-5-6(8(13)14)7(9)11(10-5)3-4-12/h12H,2-4,9H2,1H3,(H,13,14). The summed E-state index contributed by atoms with van der Waals surface area (Å²) in [7, 11) is 0. The number of rotatable bonds is 4. The fourth-order valence-electron chi connectivity index (χ4n) is 1.27. The predicted octanol–water partition coefficient (Wildman–Crippen LogP) is -0.282. The van der Waals surface area contributed by atoms with Crippen LogP contribution >= 0.6 is 0 Å². The molecule has 1 heterocycles. The summed E-state index contributed by atoms with van der Waals surface area (Å²) in [5.41, 5.74) is 6.07. The number of nitrogens with two attached hydrogens (primary N) is 1. The van der Waals surface area contributed by atoms with Gasteiger partial charge in [0.1, 0.15) is 11.4 Å². The second-order valence-electron chi connectivity index (χ2n) is 2.81. The highest BCUT2D eigenvalue weighted by molar-refractivity contribution is 5.94. The average molecular weight is 199 g/mol. The number of carbonyl (C=O) groups is 1. The second kappa shape index (κ2) is 4.10. The predicted molar refractivity (Wildman–Crippen MR) is 50.1 cm³/mol. The van der Waals surface area contributed by atoms with Gasteiger partial charge in [0, 0.05) is 0 Å². The number of carboxylic acid groups (broad SMARTS) is 1. The lowest BCUT2D eigenvalue weighted by Gasteiger charge is -1.99. The van der Waals surface area contributed by atoms with E-state index in [2.05, 4.69) is 5.10 Å². The van der Waals surface area contributed by atoms with E-state index < -0.39 is 5.97 Å². The van der Waals surface area contributed by atoms with Crippen LogP contribution in [0.15, 0.2) is 0 Å². The molecule has 1 aromatic heterocycles. The molecule has 0 spiro atoms. The number of nitrogens with zero attached hydrogens (tertiary/aromatic N) is 2. The van der Waals surface area contributed by atoms with Crippen LogP contribution in [0.2, 0.25) is 0 Å². The Morgan fingerprint density at radius 1 is 1.64 bits per heavy atom. The number of hydrogen-bond donors (Lipinski definition) is 3. The van der Waals surface area contributed by atoms with E-state index in [-0.39, 0.29) is 24.5 Å². The topological polar surface area (TPSA) is 101 Å². The normalized spacial score (nSPS) is 10.4. The number of nitrogen functional groups attached to an aromatic ring is 1. The molecule has 0 aromatic carbocycles. The fourth-order valence-corrected chi connectivity index (χ4v) is 1.27. The summed E-state index contributed by atoms with van der Waals surface area (Å²) in [6.07, 6.45) is 0.504. The van der Waals surface area contributed by atoms with Gasteiger partial charge in [-0.1, -0.05) is 6.92 Å². The third kappa shape index (κ3) is 1.69. The fraction of sp³-hybridized carbons (Fsp3) is 0.500. The first kappa shape index (κ1) is 10.5.